The molecule has 0 aromatic heterocycles. The molecular weight excluding hydrogens is 220 g/mol. The van der Waals surface area contributed by atoms with Crippen LogP contribution in [0, 0.1) is 0 Å². The van der Waals surface area contributed by atoms with Gasteiger partial charge >= 0.3 is 0 Å². The van der Waals surface area contributed by atoms with Crippen LogP contribution in [0.2, 0.25) is 0 Å². The molecule has 0 aromatic rings. The highest BCUT2D eigenvalue weighted by Gasteiger charge is 2.27. The lowest BCUT2D eigenvalue weighted by molar-refractivity contribution is -0.130. The van der Waals surface area contributed by atoms with E-state index in [1.54, 1.807) is 19.3 Å². The molecule has 0 amide bonds. The molecular formula is C13H20O4. The van der Waals surface area contributed by atoms with Gasteiger partial charge in [0.25, 0.3) is 0 Å². The van der Waals surface area contributed by atoms with Crippen molar-refractivity contribution in [2.75, 3.05) is 20.3 Å². The van der Waals surface area contributed by atoms with Gasteiger partial charge in [-0.3, -0.25) is 4.79 Å². The first-order chi connectivity index (χ1) is 7.95. The Morgan fingerprint density at radius 2 is 2.06 bits per heavy atom. The van der Waals surface area contributed by atoms with Crippen molar-refractivity contribution in [3.63, 3.8) is 0 Å². The van der Waals surface area contributed by atoms with E-state index < -0.39 is 5.60 Å². The number of Topliss-reactive ketones (excluding diaryl/α,β-unsaturated/α-hetero) is 1. The van der Waals surface area contributed by atoms with Crippen molar-refractivity contribution >= 4 is 5.78 Å². The molecule has 96 valence electrons. The topological polar surface area (TPSA) is 55.8 Å². The molecule has 0 spiro atoms. The van der Waals surface area contributed by atoms with Crippen LogP contribution in [0.25, 0.3) is 0 Å². The zero-order chi connectivity index (χ0) is 12.9. The van der Waals surface area contributed by atoms with E-state index in [0.29, 0.717) is 31.6 Å². The maximum Gasteiger partial charge on any atom is 0.189 e. The van der Waals surface area contributed by atoms with E-state index in [1.165, 1.54) is 13.8 Å². The maximum absolute atomic E-state index is 11.8. The highest BCUT2D eigenvalue weighted by molar-refractivity contribution is 6.01. The van der Waals surface area contributed by atoms with Gasteiger partial charge < -0.3 is 14.6 Å². The number of ketones is 1. The van der Waals surface area contributed by atoms with Gasteiger partial charge in [0.2, 0.25) is 0 Å². The fraction of sp³-hybridized carbons (Fsp3) is 0.615. The van der Waals surface area contributed by atoms with E-state index in [4.69, 9.17) is 9.47 Å². The number of rotatable bonds is 6. The zero-order valence-corrected chi connectivity index (χ0v) is 10.7. The van der Waals surface area contributed by atoms with Gasteiger partial charge in [-0.15, -0.1) is 0 Å². The summed E-state index contributed by atoms with van der Waals surface area (Å²) in [6.45, 7) is 4.08. The monoisotopic (exact) mass is 240 g/mol. The second kappa shape index (κ2) is 5.98. The Labute approximate surface area is 102 Å². The Bertz CT molecular complexity index is 334. The van der Waals surface area contributed by atoms with E-state index >= 15 is 0 Å². The molecule has 0 fully saturated rings. The minimum Gasteiger partial charge on any atom is -0.496 e. The Morgan fingerprint density at radius 3 is 2.53 bits per heavy atom. The number of carbonyl (C=O) groups excluding carboxylic acids is 1. The fourth-order valence-electron chi connectivity index (χ4n) is 1.58. The van der Waals surface area contributed by atoms with Crippen molar-refractivity contribution in [3.05, 3.63) is 23.5 Å². The summed E-state index contributed by atoms with van der Waals surface area (Å²) in [5.41, 5.74) is -0.648. The Morgan fingerprint density at radius 1 is 1.35 bits per heavy atom. The average Bonchev–Trinajstić information content (AvgIpc) is 2.28. The van der Waals surface area contributed by atoms with Crippen molar-refractivity contribution in [2.45, 2.75) is 32.3 Å². The molecule has 0 atom stereocenters. The summed E-state index contributed by atoms with van der Waals surface area (Å²) in [4.78, 5) is 11.8. The quantitative estimate of drug-likeness (QED) is 0.716. The molecule has 1 N–H and O–H groups in total. The van der Waals surface area contributed by atoms with Gasteiger partial charge in [0.15, 0.2) is 5.78 Å². The number of aliphatic hydroxyl groups is 1. The summed E-state index contributed by atoms with van der Waals surface area (Å²) in [5, 5.41) is 9.62. The third kappa shape index (κ3) is 4.32. The maximum atomic E-state index is 11.8. The van der Waals surface area contributed by atoms with E-state index in [2.05, 4.69) is 0 Å². The Kier molecular flexibility index (Phi) is 4.90. The minimum atomic E-state index is -1.30. The first-order valence-electron chi connectivity index (χ1n) is 5.74. The highest BCUT2D eigenvalue weighted by atomic mass is 16.5. The Hall–Kier alpha value is -1.13. The number of ether oxygens (including phenoxy) is 2. The van der Waals surface area contributed by atoms with Gasteiger partial charge in [-0.05, 0) is 31.9 Å². The second-order valence-electron chi connectivity index (χ2n) is 4.55. The van der Waals surface area contributed by atoms with Crippen LogP contribution in [0.5, 0.6) is 0 Å². The van der Waals surface area contributed by atoms with Crippen LogP contribution in [0.1, 0.15) is 26.7 Å². The summed E-state index contributed by atoms with van der Waals surface area (Å²) in [6.07, 6.45) is 4.82. The molecule has 0 aliphatic heterocycles. The van der Waals surface area contributed by atoms with Crippen LogP contribution >= 0.6 is 0 Å². The molecule has 1 aliphatic carbocycles. The third-order valence-electron chi connectivity index (χ3n) is 2.53. The van der Waals surface area contributed by atoms with Crippen molar-refractivity contribution < 1.29 is 19.4 Å². The summed E-state index contributed by atoms with van der Waals surface area (Å²) in [6, 6.07) is 0. The molecule has 0 saturated heterocycles. The number of allylic oxidation sites excluding steroid dienone is 3. The van der Waals surface area contributed by atoms with Crippen molar-refractivity contribution in [2.24, 2.45) is 0 Å². The number of hydrogen-bond acceptors (Lipinski definition) is 4. The van der Waals surface area contributed by atoms with Crippen LogP contribution in [0.3, 0.4) is 0 Å². The van der Waals surface area contributed by atoms with Crippen LogP contribution in [0.4, 0.5) is 0 Å². The van der Waals surface area contributed by atoms with E-state index in [1.807, 2.05) is 0 Å². The number of hydrogen-bond donors (Lipinski definition) is 1. The highest BCUT2D eigenvalue weighted by Crippen LogP contribution is 2.23. The molecule has 0 radical (unpaired) electrons. The minimum absolute atomic E-state index is 0.218. The van der Waals surface area contributed by atoms with Crippen LogP contribution in [0.15, 0.2) is 23.5 Å². The van der Waals surface area contributed by atoms with Gasteiger partial charge in [-0.25, -0.2) is 0 Å². The third-order valence-corrected chi connectivity index (χ3v) is 2.53. The second-order valence-corrected chi connectivity index (χ2v) is 4.55. The van der Waals surface area contributed by atoms with Gasteiger partial charge in [-0.1, -0.05) is 6.08 Å². The lowest BCUT2D eigenvalue weighted by Crippen LogP contribution is -2.32. The fourth-order valence-corrected chi connectivity index (χ4v) is 1.58. The van der Waals surface area contributed by atoms with Gasteiger partial charge in [0.1, 0.15) is 12.2 Å². The molecule has 17 heavy (non-hydrogen) atoms. The van der Waals surface area contributed by atoms with Crippen LogP contribution in [-0.2, 0) is 14.3 Å². The molecule has 1 aliphatic rings. The molecule has 0 aromatic carbocycles. The largest absolute Gasteiger partial charge is 0.496 e. The summed E-state index contributed by atoms with van der Waals surface area (Å²) in [5.74, 6) is 0.638. The van der Waals surface area contributed by atoms with E-state index in [0.717, 1.165) is 5.76 Å². The summed E-state index contributed by atoms with van der Waals surface area (Å²) < 4.78 is 10.3. The predicted molar refractivity (Wildman–Crippen MR) is 64.5 cm³/mol. The van der Waals surface area contributed by atoms with Crippen LogP contribution < -0.4 is 0 Å². The summed E-state index contributed by atoms with van der Waals surface area (Å²) in [7, 11) is 1.62. The smallest absolute Gasteiger partial charge is 0.189 e. The standard InChI is InChI=1S/C13H20O4/c1-13(2,15)12(14)10-4-6-11(7-5-10)17-9-8-16-3/h4,6,15H,5,7-9H2,1-3H3. The van der Waals surface area contributed by atoms with Crippen molar-refractivity contribution in [1.82, 2.24) is 0 Å². The molecule has 4 nitrogen and oxygen atoms in total. The molecule has 0 bridgehead atoms. The predicted octanol–water partition coefficient (Wildman–Crippen LogP) is 1.59. The molecule has 0 saturated carbocycles. The molecule has 1 rings (SSSR count). The number of carbonyl (C=O) groups is 1. The van der Waals surface area contributed by atoms with Gasteiger partial charge in [0, 0.05) is 13.5 Å². The SMILES string of the molecule is COCCOC1=CC=C(C(=O)C(C)(C)O)CC1. The zero-order valence-electron chi connectivity index (χ0n) is 10.7. The van der Waals surface area contributed by atoms with Crippen molar-refractivity contribution in [3.8, 4) is 0 Å². The summed E-state index contributed by atoms with van der Waals surface area (Å²) >= 11 is 0. The lowest BCUT2D eigenvalue weighted by atomic mass is 9.91. The normalized spacial score (nSPS) is 16.2. The molecule has 0 unspecified atom stereocenters. The number of methoxy groups -OCH3 is 1. The molecule has 4 heteroatoms. The van der Waals surface area contributed by atoms with Gasteiger partial charge in [-0.2, -0.15) is 0 Å². The first-order valence-corrected chi connectivity index (χ1v) is 5.74. The lowest BCUT2D eigenvalue weighted by Gasteiger charge is -2.20. The Balaban J connectivity index is 2.55. The molecule has 0 heterocycles. The van der Waals surface area contributed by atoms with E-state index in [9.17, 15) is 9.90 Å². The van der Waals surface area contributed by atoms with Crippen LogP contribution in [-0.4, -0.2) is 36.8 Å². The van der Waals surface area contributed by atoms with Gasteiger partial charge in [0.05, 0.1) is 12.4 Å². The van der Waals surface area contributed by atoms with E-state index in [-0.39, 0.29) is 5.78 Å². The first kappa shape index (κ1) is 13.9. The van der Waals surface area contributed by atoms with Crippen molar-refractivity contribution in [1.29, 1.82) is 0 Å². The average molecular weight is 240 g/mol.